The molecule has 2 aromatic heterocycles. The van der Waals surface area contributed by atoms with Gasteiger partial charge in [0.25, 0.3) is 5.78 Å². The van der Waals surface area contributed by atoms with Crippen LogP contribution in [0, 0.1) is 13.8 Å². The molecule has 4 rings (SSSR count). The standard InChI is InChI=1S/C21H27N7O/c1-15-19(16(2)28-21(24-15)22-14-23-28)8-9-20(29)25-17-4-6-18(7-5-17)27-12-10-26(3)11-13-27/h4-7,14H,8-13H2,1-3H3,(H,25,29). The molecule has 1 fully saturated rings. The van der Waals surface area contributed by atoms with E-state index in [-0.39, 0.29) is 5.91 Å². The van der Waals surface area contributed by atoms with Crippen molar-refractivity contribution in [3.8, 4) is 0 Å². The first kappa shape index (κ1) is 19.3. The number of amides is 1. The Bertz CT molecular complexity index is 1000. The van der Waals surface area contributed by atoms with E-state index in [1.165, 1.54) is 12.0 Å². The van der Waals surface area contributed by atoms with E-state index in [0.29, 0.717) is 18.6 Å². The summed E-state index contributed by atoms with van der Waals surface area (Å²) in [5.74, 6) is 0.587. The van der Waals surface area contributed by atoms with Crippen molar-refractivity contribution in [1.82, 2.24) is 24.5 Å². The number of carbonyl (C=O) groups is 1. The first-order valence-electron chi connectivity index (χ1n) is 10.0. The molecule has 0 spiro atoms. The van der Waals surface area contributed by atoms with Crippen LogP contribution < -0.4 is 10.2 Å². The van der Waals surface area contributed by atoms with Crippen molar-refractivity contribution in [2.75, 3.05) is 43.4 Å². The number of nitrogens with one attached hydrogen (secondary N) is 1. The Labute approximate surface area is 170 Å². The van der Waals surface area contributed by atoms with Gasteiger partial charge in [0, 0.05) is 55.4 Å². The van der Waals surface area contributed by atoms with E-state index in [1.807, 2.05) is 26.0 Å². The van der Waals surface area contributed by atoms with Gasteiger partial charge in [0.15, 0.2) is 0 Å². The predicted octanol–water partition coefficient (Wildman–Crippen LogP) is 2.06. The molecule has 0 radical (unpaired) electrons. The van der Waals surface area contributed by atoms with Crippen molar-refractivity contribution >= 4 is 23.1 Å². The smallest absolute Gasteiger partial charge is 0.252 e. The Kier molecular flexibility index (Phi) is 5.44. The van der Waals surface area contributed by atoms with Crippen molar-refractivity contribution in [1.29, 1.82) is 0 Å². The van der Waals surface area contributed by atoms with Crippen LogP contribution in [-0.4, -0.2) is 63.6 Å². The van der Waals surface area contributed by atoms with E-state index in [0.717, 1.165) is 48.8 Å². The molecule has 0 atom stereocenters. The third kappa shape index (κ3) is 4.22. The first-order chi connectivity index (χ1) is 14.0. The fourth-order valence-corrected chi connectivity index (χ4v) is 3.80. The number of aryl methyl sites for hydroxylation is 2. The molecule has 152 valence electrons. The molecule has 1 N–H and O–H groups in total. The summed E-state index contributed by atoms with van der Waals surface area (Å²) in [7, 11) is 2.15. The topological polar surface area (TPSA) is 78.7 Å². The number of rotatable bonds is 5. The summed E-state index contributed by atoms with van der Waals surface area (Å²) < 4.78 is 1.72. The van der Waals surface area contributed by atoms with Gasteiger partial charge in [0.2, 0.25) is 5.91 Å². The van der Waals surface area contributed by atoms with Crippen LogP contribution in [-0.2, 0) is 11.2 Å². The molecule has 8 nitrogen and oxygen atoms in total. The van der Waals surface area contributed by atoms with Crippen LogP contribution in [0.1, 0.15) is 23.4 Å². The lowest BCUT2D eigenvalue weighted by Gasteiger charge is -2.34. The van der Waals surface area contributed by atoms with Gasteiger partial charge in [-0.25, -0.2) is 9.50 Å². The summed E-state index contributed by atoms with van der Waals surface area (Å²) in [6.45, 7) is 8.15. The summed E-state index contributed by atoms with van der Waals surface area (Å²) in [6.07, 6.45) is 2.51. The lowest BCUT2D eigenvalue weighted by molar-refractivity contribution is -0.116. The Morgan fingerprint density at radius 1 is 1.10 bits per heavy atom. The van der Waals surface area contributed by atoms with Crippen LogP contribution >= 0.6 is 0 Å². The predicted molar refractivity (Wildman–Crippen MR) is 113 cm³/mol. The summed E-state index contributed by atoms with van der Waals surface area (Å²) in [5, 5.41) is 7.20. The highest BCUT2D eigenvalue weighted by Crippen LogP contribution is 2.20. The van der Waals surface area contributed by atoms with E-state index >= 15 is 0 Å². The quantitative estimate of drug-likeness (QED) is 0.715. The number of piperazine rings is 1. The second-order valence-corrected chi connectivity index (χ2v) is 7.62. The van der Waals surface area contributed by atoms with Crippen LogP contribution in [0.2, 0.25) is 0 Å². The van der Waals surface area contributed by atoms with Crippen LogP contribution in [0.4, 0.5) is 11.4 Å². The number of hydrogen-bond donors (Lipinski definition) is 1. The third-order valence-electron chi connectivity index (χ3n) is 5.61. The van der Waals surface area contributed by atoms with Crippen molar-refractivity contribution in [3.05, 3.63) is 47.5 Å². The van der Waals surface area contributed by atoms with E-state index in [9.17, 15) is 4.79 Å². The maximum Gasteiger partial charge on any atom is 0.252 e. The van der Waals surface area contributed by atoms with Crippen molar-refractivity contribution in [2.45, 2.75) is 26.7 Å². The van der Waals surface area contributed by atoms with Crippen LogP contribution in [0.25, 0.3) is 5.78 Å². The lowest BCUT2D eigenvalue weighted by atomic mass is 10.1. The summed E-state index contributed by atoms with van der Waals surface area (Å²) in [4.78, 5) is 25.8. The van der Waals surface area contributed by atoms with Crippen molar-refractivity contribution < 1.29 is 4.79 Å². The number of aromatic nitrogens is 4. The molecule has 1 aliphatic heterocycles. The first-order valence-corrected chi connectivity index (χ1v) is 10.0. The largest absolute Gasteiger partial charge is 0.369 e. The molecule has 1 amide bonds. The van der Waals surface area contributed by atoms with Gasteiger partial charge in [-0.1, -0.05) is 0 Å². The highest BCUT2D eigenvalue weighted by atomic mass is 16.1. The molecule has 8 heteroatoms. The zero-order chi connectivity index (χ0) is 20.4. The van der Waals surface area contributed by atoms with Crippen LogP contribution in [0.3, 0.4) is 0 Å². The number of hydrogen-bond acceptors (Lipinski definition) is 6. The van der Waals surface area contributed by atoms with Crippen LogP contribution in [0.15, 0.2) is 30.6 Å². The van der Waals surface area contributed by atoms with Gasteiger partial charge in [0.05, 0.1) is 0 Å². The van der Waals surface area contributed by atoms with Crippen molar-refractivity contribution in [2.24, 2.45) is 0 Å². The zero-order valence-corrected chi connectivity index (χ0v) is 17.2. The van der Waals surface area contributed by atoms with E-state index < -0.39 is 0 Å². The molecule has 0 saturated carbocycles. The van der Waals surface area contributed by atoms with E-state index in [4.69, 9.17) is 0 Å². The second kappa shape index (κ2) is 8.16. The number of anilines is 2. The number of likely N-dealkylation sites (N-methyl/N-ethyl adjacent to an activating group) is 1. The molecule has 1 aromatic carbocycles. The van der Waals surface area contributed by atoms with Gasteiger partial charge in [0.1, 0.15) is 6.33 Å². The minimum atomic E-state index is -0.00478. The molecule has 1 saturated heterocycles. The minimum Gasteiger partial charge on any atom is -0.369 e. The zero-order valence-electron chi connectivity index (χ0n) is 17.2. The molecule has 0 unspecified atom stereocenters. The third-order valence-corrected chi connectivity index (χ3v) is 5.61. The average Bonchev–Trinajstić information content (AvgIpc) is 3.18. The Hall–Kier alpha value is -3.00. The van der Waals surface area contributed by atoms with Gasteiger partial charge < -0.3 is 15.1 Å². The maximum absolute atomic E-state index is 12.5. The Morgan fingerprint density at radius 3 is 2.55 bits per heavy atom. The highest BCUT2D eigenvalue weighted by Gasteiger charge is 2.15. The fraction of sp³-hybridized carbons (Fsp3) is 0.429. The number of fused-ring (bicyclic) bond motifs is 1. The summed E-state index contributed by atoms with van der Waals surface area (Å²) in [6, 6.07) is 8.12. The number of nitrogens with zero attached hydrogens (tertiary/aromatic N) is 6. The Balaban J connectivity index is 1.35. The number of carbonyl (C=O) groups excluding carboxylic acids is 1. The number of benzene rings is 1. The van der Waals surface area contributed by atoms with Gasteiger partial charge in [-0.2, -0.15) is 10.1 Å². The molecule has 3 heterocycles. The maximum atomic E-state index is 12.5. The molecule has 3 aromatic rings. The summed E-state index contributed by atoms with van der Waals surface area (Å²) >= 11 is 0. The Morgan fingerprint density at radius 2 is 1.83 bits per heavy atom. The van der Waals surface area contributed by atoms with Gasteiger partial charge in [-0.3, -0.25) is 4.79 Å². The second-order valence-electron chi connectivity index (χ2n) is 7.62. The highest BCUT2D eigenvalue weighted by molar-refractivity contribution is 5.91. The van der Waals surface area contributed by atoms with E-state index in [1.54, 1.807) is 4.52 Å². The van der Waals surface area contributed by atoms with E-state index in [2.05, 4.69) is 49.4 Å². The molecule has 1 aliphatic rings. The molecule has 0 aliphatic carbocycles. The van der Waals surface area contributed by atoms with Gasteiger partial charge in [-0.15, -0.1) is 0 Å². The molecular formula is C21H27N7O. The molecule has 0 bridgehead atoms. The average molecular weight is 393 g/mol. The fourth-order valence-electron chi connectivity index (χ4n) is 3.80. The normalized spacial score (nSPS) is 15.1. The lowest BCUT2D eigenvalue weighted by Crippen LogP contribution is -2.44. The summed E-state index contributed by atoms with van der Waals surface area (Å²) in [5.41, 5.74) is 4.95. The molecular weight excluding hydrogens is 366 g/mol. The van der Waals surface area contributed by atoms with Crippen LogP contribution in [0.5, 0.6) is 0 Å². The molecule has 29 heavy (non-hydrogen) atoms. The SMILES string of the molecule is Cc1nc2ncnn2c(C)c1CCC(=O)Nc1ccc(N2CCN(C)CC2)cc1. The minimum absolute atomic E-state index is 0.00478. The monoisotopic (exact) mass is 393 g/mol. The van der Waals surface area contributed by atoms with Gasteiger partial charge in [-0.05, 0) is 57.1 Å². The van der Waals surface area contributed by atoms with Gasteiger partial charge >= 0.3 is 0 Å². The van der Waals surface area contributed by atoms with Crippen molar-refractivity contribution in [3.63, 3.8) is 0 Å².